The van der Waals surface area contributed by atoms with Crippen LogP contribution < -0.4 is 0 Å². The molecular weight excluding hydrogens is 337 g/mol. The van der Waals surface area contributed by atoms with E-state index < -0.39 is 0 Å². The largest absolute Gasteiger partial charge is 0.419 e. The Labute approximate surface area is 142 Å². The number of aromatic nitrogens is 2. The van der Waals surface area contributed by atoms with E-state index in [1.165, 1.54) is 17.0 Å². The Kier molecular flexibility index (Phi) is 4.75. The van der Waals surface area contributed by atoms with E-state index in [1.807, 2.05) is 26.1 Å². The van der Waals surface area contributed by atoms with Gasteiger partial charge >= 0.3 is 0 Å². The lowest BCUT2D eigenvalue weighted by Gasteiger charge is -2.20. The Bertz CT molecular complexity index is 787. The molecule has 1 atom stereocenters. The molecule has 0 unspecified atom stereocenters. The van der Waals surface area contributed by atoms with Crippen molar-refractivity contribution in [1.29, 1.82) is 0 Å². The Hall–Kier alpha value is -1.76. The van der Waals surface area contributed by atoms with Crippen molar-refractivity contribution >= 4 is 22.9 Å². The summed E-state index contributed by atoms with van der Waals surface area (Å²) >= 11 is 7.51. The van der Waals surface area contributed by atoms with Gasteiger partial charge in [0, 0.05) is 17.0 Å². The molecule has 0 aliphatic rings. The van der Waals surface area contributed by atoms with E-state index in [1.54, 1.807) is 23.5 Å². The molecule has 0 bridgehead atoms. The smallest absolute Gasteiger partial charge is 0.247 e. The number of hydrogen-bond acceptors (Lipinski definition) is 5. The summed E-state index contributed by atoms with van der Waals surface area (Å²) in [4.78, 5) is 3.27. The van der Waals surface area contributed by atoms with Gasteiger partial charge in [-0.25, -0.2) is 4.39 Å². The lowest BCUT2D eigenvalue weighted by atomic mass is 10.2. The van der Waals surface area contributed by atoms with Crippen LogP contribution >= 0.6 is 22.9 Å². The molecule has 2 aromatic heterocycles. The first kappa shape index (κ1) is 16.1. The maximum atomic E-state index is 13.0. The molecule has 23 heavy (non-hydrogen) atoms. The number of benzene rings is 1. The normalized spacial score (nSPS) is 12.7. The zero-order chi connectivity index (χ0) is 16.4. The van der Waals surface area contributed by atoms with Gasteiger partial charge in [0.15, 0.2) is 0 Å². The Morgan fingerprint density at radius 1 is 1.22 bits per heavy atom. The molecule has 0 aliphatic carbocycles. The van der Waals surface area contributed by atoms with Gasteiger partial charge in [-0.05, 0) is 50.4 Å². The van der Waals surface area contributed by atoms with Gasteiger partial charge in [-0.15, -0.1) is 21.5 Å². The van der Waals surface area contributed by atoms with Crippen LogP contribution in [-0.2, 0) is 6.54 Å². The van der Waals surface area contributed by atoms with Crippen LogP contribution in [0.5, 0.6) is 0 Å². The van der Waals surface area contributed by atoms with Crippen LogP contribution in [0, 0.1) is 5.82 Å². The van der Waals surface area contributed by atoms with E-state index in [9.17, 15) is 4.39 Å². The highest BCUT2D eigenvalue weighted by atomic mass is 35.5. The SMILES string of the molecule is C[C@H](c1nnc(-c2ccc(F)cc2)o1)N(C)Cc1ccc(Cl)s1. The van der Waals surface area contributed by atoms with Crippen molar-refractivity contribution in [1.82, 2.24) is 15.1 Å². The standard InChI is InChI=1S/C16H15ClFN3OS/c1-10(21(2)9-13-7-8-14(17)23-13)15-19-20-16(22-15)11-3-5-12(18)6-4-11/h3-8,10H,9H2,1-2H3/t10-/m1/s1. The van der Waals surface area contributed by atoms with Crippen LogP contribution in [0.25, 0.3) is 11.5 Å². The Morgan fingerprint density at radius 3 is 2.61 bits per heavy atom. The summed E-state index contributed by atoms with van der Waals surface area (Å²) in [5.74, 6) is 0.616. The summed E-state index contributed by atoms with van der Waals surface area (Å²) in [5, 5.41) is 8.15. The molecule has 2 heterocycles. The van der Waals surface area contributed by atoms with Crippen LogP contribution in [-0.4, -0.2) is 22.1 Å². The van der Waals surface area contributed by atoms with Crippen LogP contribution in [0.4, 0.5) is 4.39 Å². The van der Waals surface area contributed by atoms with Gasteiger partial charge in [0.05, 0.1) is 10.4 Å². The van der Waals surface area contributed by atoms with Gasteiger partial charge in [0.2, 0.25) is 11.8 Å². The van der Waals surface area contributed by atoms with Crippen molar-refractivity contribution in [3.63, 3.8) is 0 Å². The highest BCUT2D eigenvalue weighted by Gasteiger charge is 2.19. The average molecular weight is 352 g/mol. The molecule has 4 nitrogen and oxygen atoms in total. The molecule has 0 N–H and O–H groups in total. The third-order valence-corrected chi connectivity index (χ3v) is 4.80. The molecule has 3 aromatic rings. The lowest BCUT2D eigenvalue weighted by molar-refractivity contribution is 0.219. The van der Waals surface area contributed by atoms with Gasteiger partial charge in [-0.2, -0.15) is 0 Å². The molecule has 0 fully saturated rings. The lowest BCUT2D eigenvalue weighted by Crippen LogP contribution is -2.21. The zero-order valence-electron chi connectivity index (χ0n) is 12.7. The van der Waals surface area contributed by atoms with Crippen LogP contribution in [0.2, 0.25) is 4.34 Å². The van der Waals surface area contributed by atoms with Gasteiger partial charge < -0.3 is 4.42 Å². The number of halogens is 2. The monoisotopic (exact) mass is 351 g/mol. The molecule has 0 aliphatic heterocycles. The second-order valence-corrected chi connectivity index (χ2v) is 7.05. The van der Waals surface area contributed by atoms with Crippen molar-refractivity contribution in [2.75, 3.05) is 7.05 Å². The summed E-state index contributed by atoms with van der Waals surface area (Å²) in [5.41, 5.74) is 0.699. The summed E-state index contributed by atoms with van der Waals surface area (Å²) in [6.45, 7) is 2.74. The van der Waals surface area contributed by atoms with Crippen molar-refractivity contribution in [2.45, 2.75) is 19.5 Å². The molecule has 7 heteroatoms. The van der Waals surface area contributed by atoms with Gasteiger partial charge in [-0.1, -0.05) is 11.6 Å². The van der Waals surface area contributed by atoms with Gasteiger partial charge in [-0.3, -0.25) is 4.90 Å². The molecule has 1 aromatic carbocycles. The van der Waals surface area contributed by atoms with E-state index in [0.717, 1.165) is 10.9 Å². The summed E-state index contributed by atoms with van der Waals surface area (Å²) in [7, 11) is 1.99. The highest BCUT2D eigenvalue weighted by Crippen LogP contribution is 2.27. The van der Waals surface area contributed by atoms with E-state index in [-0.39, 0.29) is 11.9 Å². The second kappa shape index (κ2) is 6.78. The number of nitrogens with zero attached hydrogens (tertiary/aromatic N) is 3. The average Bonchev–Trinajstić information content (AvgIpc) is 3.16. The van der Waals surface area contributed by atoms with E-state index in [4.69, 9.17) is 16.0 Å². The minimum atomic E-state index is -0.295. The first-order valence-corrected chi connectivity index (χ1v) is 8.26. The first-order chi connectivity index (χ1) is 11.0. The third kappa shape index (κ3) is 3.77. The molecule has 0 amide bonds. The second-order valence-electron chi connectivity index (χ2n) is 5.25. The molecule has 3 rings (SSSR count). The molecular formula is C16H15ClFN3OS. The summed E-state index contributed by atoms with van der Waals surface area (Å²) in [6.07, 6.45) is 0. The molecule has 120 valence electrons. The first-order valence-electron chi connectivity index (χ1n) is 7.06. The van der Waals surface area contributed by atoms with Crippen LogP contribution in [0.1, 0.15) is 23.7 Å². The van der Waals surface area contributed by atoms with Crippen molar-refractivity contribution in [2.24, 2.45) is 0 Å². The van der Waals surface area contributed by atoms with E-state index in [0.29, 0.717) is 17.3 Å². The fourth-order valence-corrected chi connectivity index (χ4v) is 3.27. The minimum absolute atomic E-state index is 0.0439. The fraction of sp³-hybridized carbons (Fsp3) is 0.250. The zero-order valence-corrected chi connectivity index (χ0v) is 14.2. The van der Waals surface area contributed by atoms with Gasteiger partial charge in [0.25, 0.3) is 0 Å². The topological polar surface area (TPSA) is 42.2 Å². The van der Waals surface area contributed by atoms with Crippen molar-refractivity contribution in [3.8, 4) is 11.5 Å². The summed E-state index contributed by atoms with van der Waals surface area (Å²) in [6, 6.07) is 9.83. The maximum absolute atomic E-state index is 13.0. The highest BCUT2D eigenvalue weighted by molar-refractivity contribution is 7.16. The summed E-state index contributed by atoms with van der Waals surface area (Å²) < 4.78 is 19.5. The van der Waals surface area contributed by atoms with Crippen molar-refractivity contribution in [3.05, 3.63) is 57.3 Å². The Balaban J connectivity index is 1.72. The minimum Gasteiger partial charge on any atom is -0.419 e. The van der Waals surface area contributed by atoms with Crippen LogP contribution in [0.3, 0.4) is 0 Å². The number of rotatable bonds is 5. The fourth-order valence-electron chi connectivity index (χ4n) is 2.12. The van der Waals surface area contributed by atoms with Gasteiger partial charge in [0.1, 0.15) is 5.82 Å². The Morgan fingerprint density at radius 2 is 1.96 bits per heavy atom. The predicted molar refractivity (Wildman–Crippen MR) is 88.9 cm³/mol. The van der Waals surface area contributed by atoms with E-state index in [2.05, 4.69) is 15.1 Å². The number of thiophene rings is 1. The predicted octanol–water partition coefficient (Wildman–Crippen LogP) is 4.78. The number of hydrogen-bond donors (Lipinski definition) is 0. The molecule has 0 saturated carbocycles. The molecule has 0 saturated heterocycles. The molecule has 0 spiro atoms. The molecule has 0 radical (unpaired) electrons. The van der Waals surface area contributed by atoms with E-state index >= 15 is 0 Å². The maximum Gasteiger partial charge on any atom is 0.247 e. The third-order valence-electron chi connectivity index (χ3n) is 3.58. The quantitative estimate of drug-likeness (QED) is 0.663. The van der Waals surface area contributed by atoms with Crippen molar-refractivity contribution < 1.29 is 8.81 Å². The van der Waals surface area contributed by atoms with Crippen LogP contribution in [0.15, 0.2) is 40.8 Å².